The molecule has 4 rings (SSSR count). The molecule has 3 amide bonds. The molecular weight excluding hydrogens is 481 g/mol. The summed E-state index contributed by atoms with van der Waals surface area (Å²) in [6.45, 7) is 4.59. The standard InChI is InChI=1S/C26H32FN5O5/c1-2-37-26(36)19-9-14-30(15-10-19)23(33)8-11-28-24(34)21-16-22-25(35)31(12-3-13-32(22)29-21)17-18-4-6-20(27)7-5-18/h4-7,16,19H,2-3,8-15,17H2,1H3,(H,28,34). The lowest BCUT2D eigenvalue weighted by atomic mass is 9.97. The molecule has 0 radical (unpaired) electrons. The van der Waals surface area contributed by atoms with E-state index in [1.807, 2.05) is 0 Å². The third-order valence-electron chi connectivity index (χ3n) is 6.70. The van der Waals surface area contributed by atoms with Crippen LogP contribution in [0.2, 0.25) is 0 Å². The molecular formula is C26H32FN5O5. The van der Waals surface area contributed by atoms with Gasteiger partial charge in [0.05, 0.1) is 12.5 Å². The minimum Gasteiger partial charge on any atom is -0.466 e. The Labute approximate surface area is 214 Å². The van der Waals surface area contributed by atoms with Crippen LogP contribution in [0.25, 0.3) is 0 Å². The lowest BCUT2D eigenvalue weighted by Crippen LogP contribution is -2.41. The number of aromatic nitrogens is 2. The Hall–Kier alpha value is -3.76. The molecule has 10 nitrogen and oxygen atoms in total. The number of nitrogens with one attached hydrogen (secondary N) is 1. The fourth-order valence-corrected chi connectivity index (χ4v) is 4.66. The second kappa shape index (κ2) is 12.0. The number of hydrogen-bond donors (Lipinski definition) is 1. The van der Waals surface area contributed by atoms with Gasteiger partial charge in [-0.1, -0.05) is 12.1 Å². The summed E-state index contributed by atoms with van der Waals surface area (Å²) in [5.74, 6) is -1.50. The molecule has 1 saturated heterocycles. The van der Waals surface area contributed by atoms with Crippen LogP contribution in [0.4, 0.5) is 4.39 Å². The van der Waals surface area contributed by atoms with Gasteiger partial charge in [-0.15, -0.1) is 0 Å². The molecule has 3 heterocycles. The van der Waals surface area contributed by atoms with E-state index in [4.69, 9.17) is 4.74 Å². The van der Waals surface area contributed by atoms with E-state index in [1.165, 1.54) is 18.2 Å². The molecule has 37 heavy (non-hydrogen) atoms. The van der Waals surface area contributed by atoms with Crippen molar-refractivity contribution in [1.82, 2.24) is 24.9 Å². The summed E-state index contributed by atoms with van der Waals surface area (Å²) in [6, 6.07) is 7.49. The Morgan fingerprint density at radius 3 is 2.54 bits per heavy atom. The zero-order valence-electron chi connectivity index (χ0n) is 21.0. The number of rotatable bonds is 8. The van der Waals surface area contributed by atoms with Gasteiger partial charge in [0.25, 0.3) is 11.8 Å². The van der Waals surface area contributed by atoms with Gasteiger partial charge in [0.1, 0.15) is 11.5 Å². The Morgan fingerprint density at radius 2 is 1.84 bits per heavy atom. The molecule has 1 aromatic heterocycles. The number of benzene rings is 1. The van der Waals surface area contributed by atoms with Crippen molar-refractivity contribution in [2.45, 2.75) is 45.7 Å². The largest absolute Gasteiger partial charge is 0.466 e. The van der Waals surface area contributed by atoms with Gasteiger partial charge < -0.3 is 19.9 Å². The number of halogens is 1. The van der Waals surface area contributed by atoms with Crippen molar-refractivity contribution >= 4 is 23.7 Å². The van der Waals surface area contributed by atoms with E-state index in [0.29, 0.717) is 64.3 Å². The molecule has 2 aromatic rings. The highest BCUT2D eigenvalue weighted by Gasteiger charge is 2.29. The maximum atomic E-state index is 13.2. The van der Waals surface area contributed by atoms with E-state index < -0.39 is 5.91 Å². The molecule has 198 valence electrons. The molecule has 0 aliphatic carbocycles. The summed E-state index contributed by atoms with van der Waals surface area (Å²) < 4.78 is 19.8. The number of aryl methyl sites for hydroxylation is 1. The predicted molar refractivity (Wildman–Crippen MR) is 131 cm³/mol. The van der Waals surface area contributed by atoms with Crippen molar-refractivity contribution in [3.05, 3.63) is 53.1 Å². The molecule has 1 fully saturated rings. The van der Waals surface area contributed by atoms with E-state index in [1.54, 1.807) is 33.5 Å². The molecule has 0 atom stereocenters. The van der Waals surface area contributed by atoms with Gasteiger partial charge in [-0.2, -0.15) is 5.10 Å². The first-order valence-corrected chi connectivity index (χ1v) is 12.7. The molecule has 2 aliphatic heterocycles. The fourth-order valence-electron chi connectivity index (χ4n) is 4.66. The second-order valence-corrected chi connectivity index (χ2v) is 9.26. The molecule has 1 aromatic carbocycles. The number of amides is 3. The predicted octanol–water partition coefficient (Wildman–Crippen LogP) is 1.99. The topological polar surface area (TPSA) is 114 Å². The zero-order valence-corrected chi connectivity index (χ0v) is 21.0. The molecule has 0 saturated carbocycles. The van der Waals surface area contributed by atoms with Gasteiger partial charge in [-0.05, 0) is 43.9 Å². The van der Waals surface area contributed by atoms with Crippen molar-refractivity contribution in [2.24, 2.45) is 5.92 Å². The van der Waals surface area contributed by atoms with Gasteiger partial charge in [-0.3, -0.25) is 23.9 Å². The maximum absolute atomic E-state index is 13.2. The zero-order chi connectivity index (χ0) is 26.4. The Kier molecular flexibility index (Phi) is 8.52. The third-order valence-corrected chi connectivity index (χ3v) is 6.70. The van der Waals surface area contributed by atoms with Crippen LogP contribution in [0.5, 0.6) is 0 Å². The number of fused-ring (bicyclic) bond motifs is 1. The average Bonchev–Trinajstić information content (AvgIpc) is 3.27. The van der Waals surface area contributed by atoms with Crippen LogP contribution < -0.4 is 5.32 Å². The van der Waals surface area contributed by atoms with E-state index in [9.17, 15) is 23.6 Å². The van der Waals surface area contributed by atoms with E-state index in [0.717, 1.165) is 5.56 Å². The summed E-state index contributed by atoms with van der Waals surface area (Å²) >= 11 is 0. The number of ether oxygens (including phenoxy) is 1. The first-order valence-electron chi connectivity index (χ1n) is 12.7. The molecule has 1 N–H and O–H groups in total. The lowest BCUT2D eigenvalue weighted by molar-refractivity contribution is -0.151. The van der Waals surface area contributed by atoms with Crippen LogP contribution >= 0.6 is 0 Å². The van der Waals surface area contributed by atoms with Crippen molar-refractivity contribution in [3.63, 3.8) is 0 Å². The molecule has 2 aliphatic rings. The van der Waals surface area contributed by atoms with Gasteiger partial charge >= 0.3 is 5.97 Å². The van der Waals surface area contributed by atoms with Crippen molar-refractivity contribution in [2.75, 3.05) is 32.8 Å². The smallest absolute Gasteiger partial charge is 0.309 e. The summed E-state index contributed by atoms with van der Waals surface area (Å²) in [4.78, 5) is 53.5. The van der Waals surface area contributed by atoms with Crippen molar-refractivity contribution in [3.8, 4) is 0 Å². The molecule has 0 spiro atoms. The van der Waals surface area contributed by atoms with Crippen LogP contribution in [0.15, 0.2) is 30.3 Å². The first kappa shape index (κ1) is 26.3. The van der Waals surface area contributed by atoms with Crippen molar-refractivity contribution in [1.29, 1.82) is 0 Å². The summed E-state index contributed by atoms with van der Waals surface area (Å²) in [5, 5.41) is 7.02. The highest BCUT2D eigenvalue weighted by molar-refractivity contribution is 5.98. The number of nitrogens with zero attached hydrogens (tertiary/aromatic N) is 4. The van der Waals surface area contributed by atoms with E-state index >= 15 is 0 Å². The Morgan fingerprint density at radius 1 is 1.11 bits per heavy atom. The number of carbonyl (C=O) groups excluding carboxylic acids is 4. The molecule has 0 bridgehead atoms. The maximum Gasteiger partial charge on any atom is 0.309 e. The number of piperidine rings is 1. The van der Waals surface area contributed by atoms with E-state index in [2.05, 4.69) is 10.4 Å². The highest BCUT2D eigenvalue weighted by atomic mass is 19.1. The minimum absolute atomic E-state index is 0.0881. The normalized spacial score (nSPS) is 16.2. The lowest BCUT2D eigenvalue weighted by Gasteiger charge is -2.31. The van der Waals surface area contributed by atoms with Gasteiger partial charge in [0, 0.05) is 51.8 Å². The third kappa shape index (κ3) is 6.52. The summed E-state index contributed by atoms with van der Waals surface area (Å²) in [6.07, 6.45) is 1.95. The Balaban J connectivity index is 1.27. The monoisotopic (exact) mass is 513 g/mol. The molecule has 11 heteroatoms. The van der Waals surface area contributed by atoms with Gasteiger partial charge in [0.15, 0.2) is 5.69 Å². The Bertz CT molecular complexity index is 1140. The van der Waals surface area contributed by atoms with Gasteiger partial charge in [-0.25, -0.2) is 4.39 Å². The van der Waals surface area contributed by atoms with Crippen LogP contribution in [0, 0.1) is 11.7 Å². The SMILES string of the molecule is CCOC(=O)C1CCN(C(=O)CCNC(=O)c2cc3n(n2)CCCN(Cc2ccc(F)cc2)C3=O)CC1. The van der Waals surface area contributed by atoms with Gasteiger partial charge in [0.2, 0.25) is 5.91 Å². The summed E-state index contributed by atoms with van der Waals surface area (Å²) in [5.41, 5.74) is 1.26. The second-order valence-electron chi connectivity index (χ2n) is 9.26. The highest BCUT2D eigenvalue weighted by Crippen LogP contribution is 2.20. The quantitative estimate of drug-likeness (QED) is 0.540. The van der Waals surface area contributed by atoms with Crippen LogP contribution in [-0.2, 0) is 27.4 Å². The van der Waals surface area contributed by atoms with Crippen LogP contribution in [-0.4, -0.2) is 76.1 Å². The van der Waals surface area contributed by atoms with Crippen molar-refractivity contribution < 1.29 is 28.3 Å². The number of likely N-dealkylation sites (tertiary alicyclic amines) is 1. The molecule has 0 unspecified atom stereocenters. The summed E-state index contributed by atoms with van der Waals surface area (Å²) in [7, 11) is 0. The number of esters is 1. The fraction of sp³-hybridized carbons (Fsp3) is 0.500. The van der Waals surface area contributed by atoms with Crippen LogP contribution in [0.1, 0.15) is 59.1 Å². The first-order chi connectivity index (χ1) is 17.9. The average molecular weight is 514 g/mol. The number of hydrogen-bond acceptors (Lipinski definition) is 6. The van der Waals surface area contributed by atoms with Crippen LogP contribution in [0.3, 0.4) is 0 Å². The van der Waals surface area contributed by atoms with E-state index in [-0.39, 0.29) is 48.2 Å². The number of carbonyl (C=O) groups is 4. The minimum atomic E-state index is -0.452.